The van der Waals surface area contributed by atoms with E-state index in [9.17, 15) is 9.59 Å². The van der Waals surface area contributed by atoms with Crippen molar-refractivity contribution < 1.29 is 9.59 Å². The normalized spacial score (nSPS) is 15.0. The van der Waals surface area contributed by atoms with Crippen molar-refractivity contribution in [3.63, 3.8) is 0 Å². The summed E-state index contributed by atoms with van der Waals surface area (Å²) in [4.78, 5) is 28.5. The summed E-state index contributed by atoms with van der Waals surface area (Å²) >= 11 is 12.1. The van der Waals surface area contributed by atoms with Gasteiger partial charge in [-0.05, 0) is 60.2 Å². The van der Waals surface area contributed by atoms with E-state index in [2.05, 4.69) is 5.32 Å². The molecule has 158 valence electrons. The fourth-order valence-corrected chi connectivity index (χ4v) is 3.81. The van der Waals surface area contributed by atoms with E-state index in [1.165, 1.54) is 0 Å². The third-order valence-corrected chi connectivity index (χ3v) is 5.61. The first-order valence-corrected chi connectivity index (χ1v) is 10.3. The van der Waals surface area contributed by atoms with Crippen molar-refractivity contribution in [1.82, 2.24) is 14.8 Å². The van der Waals surface area contributed by atoms with Crippen molar-refractivity contribution in [3.05, 3.63) is 87.8 Å². The summed E-state index contributed by atoms with van der Waals surface area (Å²) in [5.41, 5.74) is 3.65. The zero-order chi connectivity index (χ0) is 22.1. The van der Waals surface area contributed by atoms with E-state index in [0.29, 0.717) is 15.6 Å². The topological polar surface area (TPSA) is 57.6 Å². The van der Waals surface area contributed by atoms with Crippen molar-refractivity contribution in [2.75, 3.05) is 19.0 Å². The van der Waals surface area contributed by atoms with Gasteiger partial charge in [0.1, 0.15) is 5.70 Å². The van der Waals surface area contributed by atoms with Crippen LogP contribution in [0.25, 0.3) is 11.8 Å². The predicted octanol–water partition coefficient (Wildman–Crippen LogP) is 4.94. The Hall–Kier alpha value is -3.22. The molecule has 3 amide bonds. The minimum Gasteiger partial charge on any atom is -0.378 e. The summed E-state index contributed by atoms with van der Waals surface area (Å²) in [5, 5.41) is 3.55. The number of aromatic nitrogens is 1. The monoisotopic (exact) mass is 454 g/mol. The molecule has 2 heterocycles. The second-order valence-corrected chi connectivity index (χ2v) is 8.17. The van der Waals surface area contributed by atoms with Crippen molar-refractivity contribution in [1.29, 1.82) is 0 Å². The molecule has 1 fully saturated rings. The van der Waals surface area contributed by atoms with Crippen LogP contribution >= 0.6 is 23.2 Å². The van der Waals surface area contributed by atoms with Gasteiger partial charge in [-0.2, -0.15) is 0 Å². The van der Waals surface area contributed by atoms with Crippen molar-refractivity contribution >= 4 is 46.9 Å². The SMILES string of the molecule is CN(C)c1ccc(-n2cccc2/C=C2\NC(=O)N(Cc3ccc(Cl)cc3Cl)C2=O)cc1. The summed E-state index contributed by atoms with van der Waals surface area (Å²) in [6, 6.07) is 16.3. The minimum atomic E-state index is -0.490. The van der Waals surface area contributed by atoms with Gasteiger partial charge in [-0.15, -0.1) is 0 Å². The number of nitrogens with one attached hydrogen (secondary N) is 1. The number of halogens is 2. The fourth-order valence-electron chi connectivity index (χ4n) is 3.34. The molecule has 3 aromatic rings. The van der Waals surface area contributed by atoms with E-state index >= 15 is 0 Å². The first-order valence-electron chi connectivity index (χ1n) is 9.57. The smallest absolute Gasteiger partial charge is 0.329 e. The quantitative estimate of drug-likeness (QED) is 0.438. The standard InChI is InChI=1S/C23H20Cl2N4O2/c1-27(2)17-7-9-18(10-8-17)28-11-3-4-19(28)13-21-22(30)29(23(31)26-21)14-15-5-6-16(24)12-20(15)25/h3-13H,14H2,1-2H3,(H,26,31)/b21-13-. The molecule has 0 bridgehead atoms. The number of amides is 3. The Morgan fingerprint density at radius 3 is 2.45 bits per heavy atom. The average Bonchev–Trinajstić information content (AvgIpc) is 3.30. The Balaban J connectivity index is 1.58. The molecule has 0 aliphatic carbocycles. The molecule has 6 nitrogen and oxygen atoms in total. The second-order valence-electron chi connectivity index (χ2n) is 7.33. The Kier molecular flexibility index (Phi) is 5.76. The van der Waals surface area contributed by atoms with E-state index in [0.717, 1.165) is 22.0 Å². The van der Waals surface area contributed by atoms with Gasteiger partial charge in [-0.25, -0.2) is 4.79 Å². The molecule has 1 N–H and O–H groups in total. The molecule has 8 heteroatoms. The highest BCUT2D eigenvalue weighted by Gasteiger charge is 2.34. The summed E-state index contributed by atoms with van der Waals surface area (Å²) in [6.07, 6.45) is 3.58. The number of rotatable bonds is 5. The minimum absolute atomic E-state index is 0.0605. The molecule has 1 aliphatic rings. The third-order valence-electron chi connectivity index (χ3n) is 5.02. The van der Waals surface area contributed by atoms with Crippen LogP contribution in [0.5, 0.6) is 0 Å². The van der Waals surface area contributed by atoms with Gasteiger partial charge >= 0.3 is 6.03 Å². The zero-order valence-corrected chi connectivity index (χ0v) is 18.5. The summed E-state index contributed by atoms with van der Waals surface area (Å²) in [5.74, 6) is -0.410. The highest BCUT2D eigenvalue weighted by atomic mass is 35.5. The Labute approximate surface area is 190 Å². The number of benzene rings is 2. The highest BCUT2D eigenvalue weighted by molar-refractivity contribution is 6.35. The van der Waals surface area contributed by atoms with E-state index in [-0.39, 0.29) is 12.2 Å². The summed E-state index contributed by atoms with van der Waals surface area (Å²) < 4.78 is 1.95. The van der Waals surface area contributed by atoms with Gasteiger partial charge in [-0.1, -0.05) is 29.3 Å². The van der Waals surface area contributed by atoms with Crippen molar-refractivity contribution in [2.45, 2.75) is 6.54 Å². The van der Waals surface area contributed by atoms with Crippen LogP contribution < -0.4 is 10.2 Å². The molecule has 0 saturated carbocycles. The number of urea groups is 1. The second kappa shape index (κ2) is 8.49. The predicted molar refractivity (Wildman–Crippen MR) is 124 cm³/mol. The molecule has 31 heavy (non-hydrogen) atoms. The first kappa shape index (κ1) is 21.0. The van der Waals surface area contributed by atoms with Gasteiger partial charge in [-0.3, -0.25) is 9.69 Å². The third kappa shape index (κ3) is 4.31. The van der Waals surface area contributed by atoms with E-state index < -0.39 is 11.9 Å². The molecular weight excluding hydrogens is 435 g/mol. The number of carbonyl (C=O) groups is 2. The lowest BCUT2D eigenvalue weighted by Crippen LogP contribution is -2.30. The molecule has 1 aliphatic heterocycles. The lowest BCUT2D eigenvalue weighted by Gasteiger charge is -2.14. The first-order chi connectivity index (χ1) is 14.8. The van der Waals surface area contributed by atoms with Crippen LogP contribution in [0.4, 0.5) is 10.5 Å². The molecule has 0 unspecified atom stereocenters. The van der Waals surface area contributed by atoms with Gasteiger partial charge in [0.15, 0.2) is 0 Å². The zero-order valence-electron chi connectivity index (χ0n) is 17.0. The maximum atomic E-state index is 12.9. The van der Waals surface area contributed by atoms with Crippen LogP contribution in [0.3, 0.4) is 0 Å². The molecule has 1 aromatic heterocycles. The largest absolute Gasteiger partial charge is 0.378 e. The lowest BCUT2D eigenvalue weighted by molar-refractivity contribution is -0.123. The Morgan fingerprint density at radius 2 is 1.77 bits per heavy atom. The maximum Gasteiger partial charge on any atom is 0.329 e. The van der Waals surface area contributed by atoms with Gasteiger partial charge < -0.3 is 14.8 Å². The number of hydrogen-bond acceptors (Lipinski definition) is 3. The molecule has 0 atom stereocenters. The fraction of sp³-hybridized carbons (Fsp3) is 0.130. The average molecular weight is 455 g/mol. The summed E-state index contributed by atoms with van der Waals surface area (Å²) in [6.45, 7) is 0.0605. The molecule has 1 saturated heterocycles. The number of imide groups is 1. The Bertz CT molecular complexity index is 1180. The van der Waals surface area contributed by atoms with E-state index in [4.69, 9.17) is 23.2 Å². The molecule has 4 rings (SSSR count). The van der Waals surface area contributed by atoms with Gasteiger partial charge in [0.25, 0.3) is 5.91 Å². The number of carbonyl (C=O) groups excluding carboxylic acids is 2. The number of nitrogens with zero attached hydrogens (tertiary/aromatic N) is 3. The maximum absolute atomic E-state index is 12.9. The molecular formula is C23H20Cl2N4O2. The van der Waals surface area contributed by atoms with Crippen LogP contribution in [-0.2, 0) is 11.3 Å². The van der Waals surface area contributed by atoms with Gasteiger partial charge in [0, 0.05) is 47.4 Å². The van der Waals surface area contributed by atoms with Crippen LogP contribution in [-0.4, -0.2) is 35.5 Å². The van der Waals surface area contributed by atoms with Gasteiger partial charge in [0.2, 0.25) is 0 Å². The van der Waals surface area contributed by atoms with E-state index in [1.807, 2.05) is 66.2 Å². The van der Waals surface area contributed by atoms with Gasteiger partial charge in [0.05, 0.1) is 6.54 Å². The number of hydrogen-bond donors (Lipinski definition) is 1. The van der Waals surface area contributed by atoms with Crippen LogP contribution in [0.2, 0.25) is 10.0 Å². The van der Waals surface area contributed by atoms with Crippen LogP contribution in [0.15, 0.2) is 66.5 Å². The van der Waals surface area contributed by atoms with Crippen molar-refractivity contribution in [3.8, 4) is 5.69 Å². The van der Waals surface area contributed by atoms with Crippen molar-refractivity contribution in [2.24, 2.45) is 0 Å². The molecule has 2 aromatic carbocycles. The lowest BCUT2D eigenvalue weighted by atomic mass is 10.2. The highest BCUT2D eigenvalue weighted by Crippen LogP contribution is 2.25. The molecule has 0 spiro atoms. The Morgan fingerprint density at radius 1 is 1.03 bits per heavy atom. The van der Waals surface area contributed by atoms with E-state index in [1.54, 1.807) is 24.3 Å². The summed E-state index contributed by atoms with van der Waals surface area (Å²) in [7, 11) is 3.97. The van der Waals surface area contributed by atoms with Crippen LogP contribution in [0.1, 0.15) is 11.3 Å². The van der Waals surface area contributed by atoms with Crippen LogP contribution in [0, 0.1) is 0 Å². The molecule has 0 radical (unpaired) electrons. The number of anilines is 1.